The fraction of sp³-hybridized carbons (Fsp3) is 0.391. The van der Waals surface area contributed by atoms with Gasteiger partial charge in [0, 0.05) is 41.3 Å². The van der Waals surface area contributed by atoms with Crippen LogP contribution < -0.4 is 5.32 Å². The van der Waals surface area contributed by atoms with E-state index in [2.05, 4.69) is 16.4 Å². The second-order valence-electron chi connectivity index (χ2n) is 8.09. The molecule has 1 aromatic carbocycles. The molecule has 2 N–H and O–H groups in total. The van der Waals surface area contributed by atoms with Crippen molar-refractivity contribution < 1.29 is 14.0 Å². The van der Waals surface area contributed by atoms with E-state index >= 15 is 0 Å². The van der Waals surface area contributed by atoms with E-state index in [4.69, 9.17) is 4.42 Å². The predicted molar refractivity (Wildman–Crippen MR) is 110 cm³/mol. The van der Waals surface area contributed by atoms with Crippen molar-refractivity contribution in [2.75, 3.05) is 13.1 Å². The first kappa shape index (κ1) is 18.0. The lowest BCUT2D eigenvalue weighted by atomic mass is 9.95. The van der Waals surface area contributed by atoms with Gasteiger partial charge >= 0.3 is 0 Å². The summed E-state index contributed by atoms with van der Waals surface area (Å²) in [5.74, 6) is 0.141. The molecule has 3 heterocycles. The quantitative estimate of drug-likeness (QED) is 0.715. The minimum Gasteiger partial charge on any atom is -0.459 e. The van der Waals surface area contributed by atoms with Crippen LogP contribution in [0.5, 0.6) is 0 Å². The zero-order chi connectivity index (χ0) is 19.8. The number of aryl methyl sites for hydroxylation is 2. The van der Waals surface area contributed by atoms with Crippen molar-refractivity contribution in [1.29, 1.82) is 0 Å². The summed E-state index contributed by atoms with van der Waals surface area (Å²) < 4.78 is 5.23. The van der Waals surface area contributed by atoms with Gasteiger partial charge in [-0.1, -0.05) is 6.07 Å². The monoisotopic (exact) mass is 391 g/mol. The summed E-state index contributed by atoms with van der Waals surface area (Å²) in [7, 11) is 0. The van der Waals surface area contributed by atoms with Crippen molar-refractivity contribution in [3.8, 4) is 0 Å². The van der Waals surface area contributed by atoms with Crippen LogP contribution >= 0.6 is 0 Å². The molecule has 1 aliphatic heterocycles. The van der Waals surface area contributed by atoms with Gasteiger partial charge in [-0.3, -0.25) is 9.59 Å². The minimum absolute atomic E-state index is 0.0530. The van der Waals surface area contributed by atoms with Crippen molar-refractivity contribution in [1.82, 2.24) is 15.2 Å². The Hall–Kier alpha value is -3.02. The number of benzene rings is 1. The van der Waals surface area contributed by atoms with Gasteiger partial charge < -0.3 is 19.6 Å². The Morgan fingerprint density at radius 1 is 1.14 bits per heavy atom. The molecule has 2 amide bonds. The largest absolute Gasteiger partial charge is 0.459 e. The molecule has 0 spiro atoms. The molecule has 5 rings (SSSR count). The number of carbonyl (C=O) groups is 2. The van der Waals surface area contributed by atoms with Gasteiger partial charge in [-0.15, -0.1) is 0 Å². The first-order valence-electron chi connectivity index (χ1n) is 10.5. The smallest absolute Gasteiger partial charge is 0.289 e. The lowest BCUT2D eigenvalue weighted by molar-refractivity contribution is 0.0647. The minimum atomic E-state index is -0.118. The lowest BCUT2D eigenvalue weighted by Gasteiger charge is -2.32. The highest BCUT2D eigenvalue weighted by Gasteiger charge is 2.27. The number of nitrogens with zero attached hydrogens (tertiary/aromatic N) is 1. The summed E-state index contributed by atoms with van der Waals surface area (Å²) in [6.45, 7) is 1.19. The Labute approximate surface area is 169 Å². The van der Waals surface area contributed by atoms with Crippen LogP contribution in [0.15, 0.2) is 41.0 Å². The van der Waals surface area contributed by atoms with E-state index in [1.807, 2.05) is 12.1 Å². The summed E-state index contributed by atoms with van der Waals surface area (Å²) in [5.41, 5.74) is 4.44. The topological polar surface area (TPSA) is 78.3 Å². The second kappa shape index (κ2) is 7.43. The van der Waals surface area contributed by atoms with E-state index in [1.165, 1.54) is 35.7 Å². The average molecular weight is 391 g/mol. The van der Waals surface area contributed by atoms with E-state index in [9.17, 15) is 9.59 Å². The fourth-order valence-corrected chi connectivity index (χ4v) is 4.66. The molecule has 6 nitrogen and oxygen atoms in total. The third-order valence-corrected chi connectivity index (χ3v) is 6.14. The van der Waals surface area contributed by atoms with E-state index in [1.54, 1.807) is 17.0 Å². The molecule has 6 heteroatoms. The molecule has 3 aromatic rings. The van der Waals surface area contributed by atoms with Crippen molar-refractivity contribution in [3.63, 3.8) is 0 Å². The molecule has 1 aliphatic carbocycles. The van der Waals surface area contributed by atoms with Crippen LogP contribution in [0.1, 0.15) is 57.9 Å². The molecule has 29 heavy (non-hydrogen) atoms. The zero-order valence-electron chi connectivity index (χ0n) is 16.4. The average Bonchev–Trinajstić information content (AvgIpc) is 3.41. The number of nitrogens with one attached hydrogen (secondary N) is 2. The lowest BCUT2D eigenvalue weighted by Crippen LogP contribution is -2.49. The van der Waals surface area contributed by atoms with E-state index in [-0.39, 0.29) is 17.9 Å². The number of hydrogen-bond acceptors (Lipinski definition) is 3. The van der Waals surface area contributed by atoms with Gasteiger partial charge in [0.25, 0.3) is 11.8 Å². The molecule has 1 atom stereocenters. The van der Waals surface area contributed by atoms with E-state index < -0.39 is 0 Å². The number of aromatic nitrogens is 1. The van der Waals surface area contributed by atoms with E-state index in [0.29, 0.717) is 24.4 Å². The van der Waals surface area contributed by atoms with Gasteiger partial charge in [-0.25, -0.2) is 0 Å². The molecular formula is C23H25N3O3. The maximum atomic E-state index is 12.9. The third kappa shape index (κ3) is 3.43. The maximum absolute atomic E-state index is 12.9. The van der Waals surface area contributed by atoms with Crippen LogP contribution in [0.25, 0.3) is 10.9 Å². The van der Waals surface area contributed by atoms with Gasteiger partial charge in [-0.05, 0) is 68.4 Å². The molecule has 2 aromatic heterocycles. The van der Waals surface area contributed by atoms with E-state index in [0.717, 1.165) is 31.2 Å². The summed E-state index contributed by atoms with van der Waals surface area (Å²) in [4.78, 5) is 30.6. The summed E-state index contributed by atoms with van der Waals surface area (Å²) in [6, 6.07) is 9.27. The molecule has 1 saturated heterocycles. The molecular weight excluding hydrogens is 366 g/mol. The fourth-order valence-electron chi connectivity index (χ4n) is 4.66. The molecule has 150 valence electrons. The Kier molecular flexibility index (Phi) is 4.62. The number of likely N-dealkylation sites (tertiary alicyclic amines) is 1. The zero-order valence-corrected chi connectivity index (χ0v) is 16.4. The molecule has 0 bridgehead atoms. The van der Waals surface area contributed by atoms with Gasteiger partial charge in [0.1, 0.15) is 0 Å². The Balaban J connectivity index is 1.29. The number of piperidine rings is 1. The third-order valence-electron chi connectivity index (χ3n) is 6.14. The number of fused-ring (bicyclic) bond motifs is 3. The van der Waals surface area contributed by atoms with Crippen LogP contribution in [0.3, 0.4) is 0 Å². The number of H-pyrrole nitrogens is 1. The molecule has 0 radical (unpaired) electrons. The van der Waals surface area contributed by atoms with Crippen LogP contribution in [0.2, 0.25) is 0 Å². The van der Waals surface area contributed by atoms with Crippen LogP contribution in [-0.4, -0.2) is 40.8 Å². The van der Waals surface area contributed by atoms with Crippen molar-refractivity contribution >= 4 is 22.7 Å². The van der Waals surface area contributed by atoms with Gasteiger partial charge in [0.15, 0.2) is 5.76 Å². The molecule has 1 unspecified atom stereocenters. The standard InChI is InChI=1S/C23H25N3O3/c27-22(15-9-10-18-17-6-1-2-7-19(17)25-20(18)13-15)24-16-5-3-11-26(14-16)23(28)21-8-4-12-29-21/h4,8-10,12-13,16,25H,1-3,5-7,11,14H2,(H,24,27). The highest BCUT2D eigenvalue weighted by Crippen LogP contribution is 2.29. The van der Waals surface area contributed by atoms with Crippen LogP contribution in [-0.2, 0) is 12.8 Å². The van der Waals surface area contributed by atoms with Gasteiger partial charge in [0.2, 0.25) is 0 Å². The molecule has 1 fully saturated rings. The van der Waals surface area contributed by atoms with Crippen molar-refractivity contribution in [2.45, 2.75) is 44.6 Å². The first-order chi connectivity index (χ1) is 14.2. The number of amides is 2. The van der Waals surface area contributed by atoms with Gasteiger partial charge in [0.05, 0.1) is 6.26 Å². The normalized spacial score (nSPS) is 19.2. The van der Waals surface area contributed by atoms with Gasteiger partial charge in [-0.2, -0.15) is 0 Å². The number of carbonyl (C=O) groups excluding carboxylic acids is 2. The summed E-state index contributed by atoms with van der Waals surface area (Å²) in [5, 5.41) is 4.35. The highest BCUT2D eigenvalue weighted by molar-refractivity contribution is 5.99. The Morgan fingerprint density at radius 3 is 2.90 bits per heavy atom. The first-order valence-corrected chi connectivity index (χ1v) is 10.5. The number of aromatic amines is 1. The Bertz CT molecular complexity index is 1050. The Morgan fingerprint density at radius 2 is 2.03 bits per heavy atom. The van der Waals surface area contributed by atoms with Crippen molar-refractivity contribution in [3.05, 3.63) is 59.2 Å². The molecule has 2 aliphatic rings. The summed E-state index contributed by atoms with van der Waals surface area (Å²) in [6.07, 6.45) is 7.90. The van der Waals surface area contributed by atoms with Crippen LogP contribution in [0, 0.1) is 0 Å². The number of furan rings is 1. The SMILES string of the molecule is O=C(NC1CCCN(C(=O)c2ccco2)C1)c1ccc2c3c([nH]c2c1)CCCC3. The number of rotatable bonds is 3. The second-order valence-corrected chi connectivity index (χ2v) is 8.09. The highest BCUT2D eigenvalue weighted by atomic mass is 16.3. The molecule has 0 saturated carbocycles. The summed E-state index contributed by atoms with van der Waals surface area (Å²) >= 11 is 0. The predicted octanol–water partition coefficient (Wildman–Crippen LogP) is 3.67. The number of hydrogen-bond donors (Lipinski definition) is 2. The maximum Gasteiger partial charge on any atom is 0.289 e. The van der Waals surface area contributed by atoms with Crippen LogP contribution in [0.4, 0.5) is 0 Å². The van der Waals surface area contributed by atoms with Crippen molar-refractivity contribution in [2.24, 2.45) is 0 Å².